The Bertz CT molecular complexity index is 352. The number of rotatable bonds is 3. The van der Waals surface area contributed by atoms with Crippen molar-refractivity contribution in [2.75, 3.05) is 7.11 Å². The minimum absolute atomic E-state index is 0.372. The first-order valence-electron chi connectivity index (χ1n) is 4.05. The molecule has 0 aliphatic rings. The van der Waals surface area contributed by atoms with Gasteiger partial charge in [0.15, 0.2) is 0 Å². The van der Waals surface area contributed by atoms with Crippen LogP contribution in [0, 0.1) is 6.92 Å². The van der Waals surface area contributed by atoms with Crippen LogP contribution in [0.4, 0.5) is 0 Å². The van der Waals surface area contributed by atoms with E-state index in [1.165, 1.54) is 13.2 Å². The van der Waals surface area contributed by atoms with E-state index < -0.39 is 12.0 Å². The molecule has 1 heterocycles. The van der Waals surface area contributed by atoms with Gasteiger partial charge in [-0.1, -0.05) is 0 Å². The highest BCUT2D eigenvalue weighted by molar-refractivity contribution is 5.75. The number of aryl methyl sites for hydroxylation is 1. The molecule has 0 amide bonds. The molecule has 0 bridgehead atoms. The van der Waals surface area contributed by atoms with Crippen molar-refractivity contribution in [1.82, 2.24) is 4.98 Å². The second kappa shape index (κ2) is 4.06. The summed E-state index contributed by atoms with van der Waals surface area (Å²) in [6.45, 7) is 1.75. The predicted octanol–water partition coefficient (Wildman–Crippen LogP) is 0.483. The van der Waals surface area contributed by atoms with Crippen LogP contribution in [0.25, 0.3) is 0 Å². The fourth-order valence-corrected chi connectivity index (χ4v) is 1.09. The Labute approximate surface area is 81.5 Å². The quantitative estimate of drug-likeness (QED) is 0.734. The molecular formula is C9H12N2O3. The maximum atomic E-state index is 10.6. The lowest BCUT2D eigenvalue weighted by atomic mass is 10.1. The molecule has 1 rings (SSSR count). The molecule has 1 atom stereocenters. The van der Waals surface area contributed by atoms with E-state index in [0.717, 1.165) is 0 Å². The van der Waals surface area contributed by atoms with Crippen LogP contribution in [-0.4, -0.2) is 23.2 Å². The van der Waals surface area contributed by atoms with Crippen LogP contribution < -0.4 is 10.5 Å². The molecular weight excluding hydrogens is 184 g/mol. The van der Waals surface area contributed by atoms with Crippen molar-refractivity contribution < 1.29 is 14.6 Å². The van der Waals surface area contributed by atoms with Gasteiger partial charge < -0.3 is 15.6 Å². The van der Waals surface area contributed by atoms with Gasteiger partial charge in [0.1, 0.15) is 6.04 Å². The van der Waals surface area contributed by atoms with Gasteiger partial charge in [0.25, 0.3) is 0 Å². The smallest absolute Gasteiger partial charge is 0.325 e. The average Bonchev–Trinajstić information content (AvgIpc) is 2.15. The summed E-state index contributed by atoms with van der Waals surface area (Å²) in [4.78, 5) is 14.6. The SMILES string of the molecule is COc1cc(C(N)C(=O)O)cc(C)n1. The van der Waals surface area contributed by atoms with E-state index in [9.17, 15) is 4.79 Å². The van der Waals surface area contributed by atoms with Crippen molar-refractivity contribution in [2.45, 2.75) is 13.0 Å². The lowest BCUT2D eigenvalue weighted by Crippen LogP contribution is -2.20. The number of hydrogen-bond donors (Lipinski definition) is 2. The average molecular weight is 196 g/mol. The number of aromatic nitrogens is 1. The standard InChI is InChI=1S/C9H12N2O3/c1-5-3-6(8(10)9(12)13)4-7(11-5)14-2/h3-4,8H,10H2,1-2H3,(H,12,13). The summed E-state index contributed by atoms with van der Waals surface area (Å²) in [5.74, 6) is -0.700. The van der Waals surface area contributed by atoms with Crippen LogP contribution in [0.3, 0.4) is 0 Å². The molecule has 0 saturated heterocycles. The number of pyridine rings is 1. The molecule has 5 heteroatoms. The van der Waals surface area contributed by atoms with Crippen molar-refractivity contribution in [2.24, 2.45) is 5.73 Å². The minimum Gasteiger partial charge on any atom is -0.481 e. The fourth-order valence-electron chi connectivity index (χ4n) is 1.09. The highest BCUT2D eigenvalue weighted by Gasteiger charge is 2.15. The molecule has 0 radical (unpaired) electrons. The summed E-state index contributed by atoms with van der Waals surface area (Å²) in [5, 5.41) is 8.70. The van der Waals surface area contributed by atoms with E-state index >= 15 is 0 Å². The van der Waals surface area contributed by atoms with Crippen molar-refractivity contribution in [3.8, 4) is 5.88 Å². The van der Waals surface area contributed by atoms with Crippen LogP contribution >= 0.6 is 0 Å². The number of carbonyl (C=O) groups is 1. The maximum Gasteiger partial charge on any atom is 0.325 e. The third-order valence-corrected chi connectivity index (χ3v) is 1.79. The van der Waals surface area contributed by atoms with Gasteiger partial charge in [-0.2, -0.15) is 0 Å². The van der Waals surface area contributed by atoms with Crippen LogP contribution in [0.2, 0.25) is 0 Å². The summed E-state index contributed by atoms with van der Waals surface area (Å²) in [5.41, 5.74) is 6.61. The van der Waals surface area contributed by atoms with Gasteiger partial charge in [0.2, 0.25) is 5.88 Å². The van der Waals surface area contributed by atoms with Crippen molar-refractivity contribution in [1.29, 1.82) is 0 Å². The molecule has 0 saturated carbocycles. The van der Waals surface area contributed by atoms with Crippen molar-refractivity contribution >= 4 is 5.97 Å². The predicted molar refractivity (Wildman–Crippen MR) is 50.1 cm³/mol. The van der Waals surface area contributed by atoms with Gasteiger partial charge in [-0.05, 0) is 18.6 Å². The first-order valence-corrected chi connectivity index (χ1v) is 4.05. The molecule has 1 unspecified atom stereocenters. The lowest BCUT2D eigenvalue weighted by molar-refractivity contribution is -0.138. The third-order valence-electron chi connectivity index (χ3n) is 1.79. The Kier molecular flexibility index (Phi) is 3.03. The number of ether oxygens (including phenoxy) is 1. The molecule has 76 valence electrons. The Morgan fingerprint density at radius 3 is 2.79 bits per heavy atom. The van der Waals surface area contributed by atoms with Crippen LogP contribution in [-0.2, 0) is 4.79 Å². The first-order chi connectivity index (χ1) is 6.54. The molecule has 0 aliphatic carbocycles. The van der Waals surface area contributed by atoms with E-state index in [2.05, 4.69) is 4.98 Å². The molecule has 5 nitrogen and oxygen atoms in total. The molecule has 1 aromatic heterocycles. The number of nitrogens with two attached hydrogens (primary N) is 1. The Hall–Kier alpha value is -1.62. The first kappa shape index (κ1) is 10.5. The summed E-state index contributed by atoms with van der Waals surface area (Å²) in [6, 6.07) is 2.11. The van der Waals surface area contributed by atoms with E-state index in [1.807, 2.05) is 0 Å². The number of carboxylic acids is 1. The molecule has 1 aromatic rings. The van der Waals surface area contributed by atoms with Crippen LogP contribution in [0.15, 0.2) is 12.1 Å². The number of aliphatic carboxylic acids is 1. The molecule has 0 aliphatic heterocycles. The van der Waals surface area contributed by atoms with Gasteiger partial charge in [-0.25, -0.2) is 4.98 Å². The lowest BCUT2D eigenvalue weighted by Gasteiger charge is -2.09. The molecule has 3 N–H and O–H groups in total. The zero-order valence-corrected chi connectivity index (χ0v) is 8.02. The second-order valence-corrected chi connectivity index (χ2v) is 2.90. The highest BCUT2D eigenvalue weighted by atomic mass is 16.5. The second-order valence-electron chi connectivity index (χ2n) is 2.90. The van der Waals surface area contributed by atoms with Crippen LogP contribution in [0.5, 0.6) is 5.88 Å². The van der Waals surface area contributed by atoms with E-state index in [4.69, 9.17) is 15.6 Å². The van der Waals surface area contributed by atoms with E-state index in [0.29, 0.717) is 17.1 Å². The number of carboxylic acid groups (broad SMARTS) is 1. The highest BCUT2D eigenvalue weighted by Crippen LogP contribution is 2.17. The Morgan fingerprint density at radius 2 is 2.29 bits per heavy atom. The summed E-state index contributed by atoms with van der Waals surface area (Å²) in [7, 11) is 1.47. The van der Waals surface area contributed by atoms with Gasteiger partial charge in [-0.3, -0.25) is 4.79 Å². The summed E-state index contributed by atoms with van der Waals surface area (Å²) < 4.78 is 4.91. The number of hydrogen-bond acceptors (Lipinski definition) is 4. The normalized spacial score (nSPS) is 12.2. The Balaban J connectivity index is 3.08. The number of methoxy groups -OCH3 is 1. The zero-order chi connectivity index (χ0) is 10.7. The topological polar surface area (TPSA) is 85.4 Å². The largest absolute Gasteiger partial charge is 0.481 e. The third kappa shape index (κ3) is 2.20. The van der Waals surface area contributed by atoms with E-state index in [-0.39, 0.29) is 0 Å². The van der Waals surface area contributed by atoms with E-state index in [1.54, 1.807) is 13.0 Å². The molecule has 0 spiro atoms. The zero-order valence-electron chi connectivity index (χ0n) is 8.02. The van der Waals surface area contributed by atoms with Gasteiger partial charge in [-0.15, -0.1) is 0 Å². The molecule has 0 fully saturated rings. The van der Waals surface area contributed by atoms with Gasteiger partial charge in [0, 0.05) is 11.8 Å². The van der Waals surface area contributed by atoms with Gasteiger partial charge >= 0.3 is 5.97 Å². The fraction of sp³-hybridized carbons (Fsp3) is 0.333. The number of nitrogens with zero attached hydrogens (tertiary/aromatic N) is 1. The van der Waals surface area contributed by atoms with Crippen molar-refractivity contribution in [3.63, 3.8) is 0 Å². The van der Waals surface area contributed by atoms with Crippen molar-refractivity contribution in [3.05, 3.63) is 23.4 Å². The van der Waals surface area contributed by atoms with Crippen LogP contribution in [0.1, 0.15) is 17.3 Å². The maximum absolute atomic E-state index is 10.6. The Morgan fingerprint density at radius 1 is 1.64 bits per heavy atom. The monoisotopic (exact) mass is 196 g/mol. The summed E-state index contributed by atoms with van der Waals surface area (Å²) >= 11 is 0. The minimum atomic E-state index is -1.07. The molecule has 0 aromatic carbocycles. The summed E-state index contributed by atoms with van der Waals surface area (Å²) in [6.07, 6.45) is 0. The molecule has 14 heavy (non-hydrogen) atoms. The van der Waals surface area contributed by atoms with Gasteiger partial charge in [0.05, 0.1) is 7.11 Å².